The first-order valence-electron chi connectivity index (χ1n) is 9.52. The van der Waals surface area contributed by atoms with Gasteiger partial charge in [-0.05, 0) is 31.7 Å². The molecule has 0 radical (unpaired) electrons. The summed E-state index contributed by atoms with van der Waals surface area (Å²) in [7, 11) is 1.40. The van der Waals surface area contributed by atoms with Gasteiger partial charge in [0, 0.05) is 29.2 Å². The van der Waals surface area contributed by atoms with Crippen molar-refractivity contribution in [2.75, 3.05) is 7.11 Å². The molecule has 2 aromatic carbocycles. The van der Waals surface area contributed by atoms with Crippen molar-refractivity contribution in [2.45, 2.75) is 40.5 Å². The molecule has 152 valence electrons. The van der Waals surface area contributed by atoms with Gasteiger partial charge < -0.3 is 14.6 Å². The van der Waals surface area contributed by atoms with E-state index in [1.165, 1.54) is 26.2 Å². The van der Waals surface area contributed by atoms with Crippen molar-refractivity contribution in [3.63, 3.8) is 0 Å². The molecule has 1 aliphatic rings. The van der Waals surface area contributed by atoms with E-state index in [1.54, 1.807) is 13.0 Å². The van der Waals surface area contributed by atoms with Crippen LogP contribution in [0, 0.1) is 12.8 Å². The first-order chi connectivity index (χ1) is 13.7. The van der Waals surface area contributed by atoms with Gasteiger partial charge in [-0.15, -0.1) is 0 Å². The zero-order chi connectivity index (χ0) is 21.5. The van der Waals surface area contributed by atoms with Crippen molar-refractivity contribution < 1.29 is 29.0 Å². The number of fused-ring (bicyclic) bond motifs is 2. The van der Waals surface area contributed by atoms with E-state index in [1.807, 2.05) is 13.8 Å². The van der Waals surface area contributed by atoms with Crippen molar-refractivity contribution in [1.82, 2.24) is 0 Å². The summed E-state index contributed by atoms with van der Waals surface area (Å²) in [5.41, 5.74) is 1.32. The normalized spacial score (nSPS) is 12.6. The summed E-state index contributed by atoms with van der Waals surface area (Å²) in [5, 5.41) is 10.8. The van der Waals surface area contributed by atoms with Gasteiger partial charge in [0.25, 0.3) is 0 Å². The molecular weight excluding hydrogens is 372 g/mol. The second kappa shape index (κ2) is 7.70. The largest absolute Gasteiger partial charge is 0.507 e. The molecule has 0 fully saturated rings. The quantitative estimate of drug-likeness (QED) is 0.518. The number of hydrogen-bond donors (Lipinski definition) is 1. The van der Waals surface area contributed by atoms with E-state index in [0.717, 1.165) is 6.42 Å². The van der Waals surface area contributed by atoms with E-state index >= 15 is 0 Å². The molecule has 0 amide bonds. The molecule has 3 rings (SSSR count). The van der Waals surface area contributed by atoms with Crippen LogP contribution in [0.15, 0.2) is 18.2 Å². The summed E-state index contributed by atoms with van der Waals surface area (Å²) in [6.45, 7) is 6.98. The van der Waals surface area contributed by atoms with Crippen LogP contribution in [0.4, 0.5) is 0 Å². The number of hydrogen-bond acceptors (Lipinski definition) is 6. The molecule has 2 aromatic rings. The van der Waals surface area contributed by atoms with Crippen molar-refractivity contribution in [1.29, 1.82) is 0 Å². The molecular formula is C23H24O6. The van der Waals surface area contributed by atoms with Gasteiger partial charge in [-0.3, -0.25) is 14.4 Å². The molecule has 0 aromatic heterocycles. The number of benzene rings is 2. The molecule has 0 bridgehead atoms. The minimum Gasteiger partial charge on any atom is -0.507 e. The lowest BCUT2D eigenvalue weighted by atomic mass is 9.78. The van der Waals surface area contributed by atoms with Crippen LogP contribution in [-0.4, -0.2) is 29.8 Å². The van der Waals surface area contributed by atoms with Crippen LogP contribution < -0.4 is 9.47 Å². The number of aromatic hydroxyl groups is 1. The third-order valence-corrected chi connectivity index (χ3v) is 5.14. The Morgan fingerprint density at radius 1 is 1.10 bits per heavy atom. The Morgan fingerprint density at radius 2 is 1.79 bits per heavy atom. The van der Waals surface area contributed by atoms with Gasteiger partial charge in [-0.25, -0.2) is 0 Å². The van der Waals surface area contributed by atoms with Crippen LogP contribution in [0.25, 0.3) is 0 Å². The highest BCUT2D eigenvalue weighted by Gasteiger charge is 2.39. The van der Waals surface area contributed by atoms with Crippen molar-refractivity contribution in [3.8, 4) is 17.2 Å². The number of ether oxygens (including phenoxy) is 2. The average molecular weight is 396 g/mol. The van der Waals surface area contributed by atoms with Gasteiger partial charge in [-0.2, -0.15) is 0 Å². The van der Waals surface area contributed by atoms with Gasteiger partial charge in [0.05, 0.1) is 18.2 Å². The van der Waals surface area contributed by atoms with E-state index in [4.69, 9.17) is 9.47 Å². The Morgan fingerprint density at radius 3 is 2.38 bits per heavy atom. The number of ketones is 2. The third kappa shape index (κ3) is 3.39. The lowest BCUT2D eigenvalue weighted by molar-refractivity contribution is -0.131. The molecule has 0 saturated carbocycles. The standard InChI is InChI=1S/C23H24O6/c1-11(2)9-10-15-18-19(23(28-5)12(3)20(15)25)21(26)14-7-6-8-16(29-13(4)24)17(14)22(18)27/h6-8,11,25H,9-10H2,1-5H3. The second-order valence-corrected chi connectivity index (χ2v) is 7.60. The second-order valence-electron chi connectivity index (χ2n) is 7.60. The van der Waals surface area contributed by atoms with Gasteiger partial charge in [0.15, 0.2) is 11.6 Å². The van der Waals surface area contributed by atoms with Crippen LogP contribution in [0.2, 0.25) is 0 Å². The Kier molecular flexibility index (Phi) is 5.46. The summed E-state index contributed by atoms with van der Waals surface area (Å²) in [6.07, 6.45) is 1.16. The maximum absolute atomic E-state index is 13.5. The molecule has 0 atom stereocenters. The molecule has 0 heterocycles. The Balaban J connectivity index is 2.34. The van der Waals surface area contributed by atoms with E-state index in [9.17, 15) is 19.5 Å². The zero-order valence-electron chi connectivity index (χ0n) is 17.2. The highest BCUT2D eigenvalue weighted by molar-refractivity contribution is 6.31. The molecule has 6 heteroatoms. The average Bonchev–Trinajstić information content (AvgIpc) is 2.66. The van der Waals surface area contributed by atoms with Crippen molar-refractivity contribution in [3.05, 3.63) is 51.6 Å². The molecule has 0 saturated heterocycles. The Bertz CT molecular complexity index is 1030. The van der Waals surface area contributed by atoms with E-state index in [-0.39, 0.29) is 39.5 Å². The maximum atomic E-state index is 13.5. The molecule has 0 aliphatic heterocycles. The SMILES string of the molecule is COc1c(C)c(O)c(CCC(C)C)c2c1C(=O)c1cccc(OC(C)=O)c1C2=O. The van der Waals surface area contributed by atoms with Crippen LogP contribution >= 0.6 is 0 Å². The predicted molar refractivity (Wildman–Crippen MR) is 107 cm³/mol. The summed E-state index contributed by atoms with van der Waals surface area (Å²) < 4.78 is 10.6. The summed E-state index contributed by atoms with van der Waals surface area (Å²) >= 11 is 0. The first-order valence-corrected chi connectivity index (χ1v) is 9.52. The first kappa shape index (κ1) is 20.6. The van der Waals surface area contributed by atoms with Gasteiger partial charge in [0.1, 0.15) is 17.2 Å². The van der Waals surface area contributed by atoms with Crippen molar-refractivity contribution >= 4 is 17.5 Å². The zero-order valence-corrected chi connectivity index (χ0v) is 17.2. The van der Waals surface area contributed by atoms with E-state index in [0.29, 0.717) is 23.5 Å². The monoisotopic (exact) mass is 396 g/mol. The topological polar surface area (TPSA) is 89.9 Å². The fourth-order valence-electron chi connectivity index (χ4n) is 3.76. The number of carbonyl (C=O) groups excluding carboxylic acids is 3. The number of phenols is 1. The lowest BCUT2D eigenvalue weighted by Gasteiger charge is -2.26. The molecule has 29 heavy (non-hydrogen) atoms. The molecule has 0 unspecified atom stereocenters. The summed E-state index contributed by atoms with van der Waals surface area (Å²) in [6, 6.07) is 4.57. The fraction of sp³-hybridized carbons (Fsp3) is 0.348. The van der Waals surface area contributed by atoms with Crippen molar-refractivity contribution in [2.24, 2.45) is 5.92 Å². The smallest absolute Gasteiger partial charge is 0.308 e. The summed E-state index contributed by atoms with van der Waals surface area (Å²) in [5.74, 6) is -0.927. The minimum absolute atomic E-state index is 0.0350. The number of methoxy groups -OCH3 is 1. The number of esters is 1. The third-order valence-electron chi connectivity index (χ3n) is 5.14. The fourth-order valence-corrected chi connectivity index (χ4v) is 3.76. The van der Waals surface area contributed by atoms with Gasteiger partial charge in [0.2, 0.25) is 0 Å². The predicted octanol–water partition coefficient (Wildman–Crippen LogP) is 4.00. The van der Waals surface area contributed by atoms with E-state index < -0.39 is 17.5 Å². The molecule has 1 N–H and O–H groups in total. The Hall–Kier alpha value is -3.15. The highest BCUT2D eigenvalue weighted by Crippen LogP contribution is 2.45. The van der Waals surface area contributed by atoms with Gasteiger partial charge >= 0.3 is 5.97 Å². The number of rotatable bonds is 5. The Labute approximate surface area is 169 Å². The van der Waals surface area contributed by atoms with Crippen LogP contribution in [0.3, 0.4) is 0 Å². The lowest BCUT2D eigenvalue weighted by Crippen LogP contribution is -2.25. The molecule has 0 spiro atoms. The maximum Gasteiger partial charge on any atom is 0.308 e. The van der Waals surface area contributed by atoms with E-state index in [2.05, 4.69) is 0 Å². The van der Waals surface area contributed by atoms with Crippen LogP contribution in [0.5, 0.6) is 17.2 Å². The van der Waals surface area contributed by atoms with Gasteiger partial charge in [-0.1, -0.05) is 26.0 Å². The number of phenolic OH excluding ortho intramolecular Hbond substituents is 1. The highest BCUT2D eigenvalue weighted by atomic mass is 16.5. The summed E-state index contributed by atoms with van der Waals surface area (Å²) in [4.78, 5) is 38.4. The number of carbonyl (C=O) groups is 3. The van der Waals surface area contributed by atoms with Crippen LogP contribution in [0.1, 0.15) is 70.2 Å². The molecule has 1 aliphatic carbocycles. The van der Waals surface area contributed by atoms with Crippen LogP contribution in [-0.2, 0) is 11.2 Å². The minimum atomic E-state index is -0.589. The molecule has 6 nitrogen and oxygen atoms in total.